The molecule has 3 rings (SSSR count). The Bertz CT molecular complexity index is 776. The second-order valence-corrected chi connectivity index (χ2v) is 6.72. The lowest BCUT2D eigenvalue weighted by Gasteiger charge is -2.16. The molecule has 1 heterocycles. The third-order valence-corrected chi connectivity index (χ3v) is 4.99. The average Bonchev–Trinajstić information content (AvgIpc) is 2.90. The van der Waals surface area contributed by atoms with E-state index in [1.165, 1.54) is 31.4 Å². The van der Waals surface area contributed by atoms with Crippen molar-refractivity contribution in [3.05, 3.63) is 39.6 Å². The van der Waals surface area contributed by atoms with Crippen LogP contribution in [0.25, 0.3) is 0 Å². The van der Waals surface area contributed by atoms with Crippen molar-refractivity contribution in [2.45, 2.75) is 45.1 Å². The van der Waals surface area contributed by atoms with E-state index in [9.17, 15) is 10.2 Å². The molecule has 1 fully saturated rings. The molecule has 1 aromatic carbocycles. The molecule has 2 aromatic rings. The number of hydrogen-bond acceptors (Lipinski definition) is 5. The third-order valence-electron chi connectivity index (χ3n) is 4.04. The number of aromatic nitrogens is 1. The molecule has 0 saturated heterocycles. The van der Waals surface area contributed by atoms with Crippen molar-refractivity contribution in [2.24, 2.45) is 10.1 Å². The molecule has 0 aliphatic heterocycles. The lowest BCUT2D eigenvalue weighted by atomic mass is 9.96. The largest absolute Gasteiger partial charge is 0.504 e. The number of halogens is 1. The summed E-state index contributed by atoms with van der Waals surface area (Å²) in [4.78, 5) is 5.77. The van der Waals surface area contributed by atoms with Gasteiger partial charge in [0.15, 0.2) is 11.5 Å². The number of phenols is 2. The van der Waals surface area contributed by atoms with Gasteiger partial charge in [-0.05, 0) is 43.5 Å². The molecule has 0 spiro atoms. The molecule has 1 aliphatic rings. The van der Waals surface area contributed by atoms with Crippen LogP contribution in [-0.2, 0) is 0 Å². The Hall–Kier alpha value is -1.79. The number of hydrogen-bond donors (Lipinski definition) is 2. The number of aromatic hydroxyl groups is 2. The van der Waals surface area contributed by atoms with Gasteiger partial charge in [-0.3, -0.25) is 4.99 Å². The average molecular weight is 368 g/mol. The highest BCUT2D eigenvalue weighted by Gasteiger charge is 2.12. The number of benzene rings is 1. The van der Waals surface area contributed by atoms with Crippen molar-refractivity contribution in [1.82, 2.24) is 4.68 Å². The van der Waals surface area contributed by atoms with Crippen molar-refractivity contribution >= 4 is 30.0 Å². The molecule has 1 saturated carbocycles. The van der Waals surface area contributed by atoms with Gasteiger partial charge < -0.3 is 10.2 Å². The molecule has 0 bridgehead atoms. The molecular formula is C17H22ClN3O2S. The van der Waals surface area contributed by atoms with Crippen molar-refractivity contribution in [3.8, 4) is 11.5 Å². The van der Waals surface area contributed by atoms with Crippen LogP contribution in [0.3, 0.4) is 0 Å². The van der Waals surface area contributed by atoms with E-state index < -0.39 is 0 Å². The van der Waals surface area contributed by atoms with Gasteiger partial charge in [0.25, 0.3) is 0 Å². The summed E-state index contributed by atoms with van der Waals surface area (Å²) in [5.41, 5.74) is 1.76. The molecule has 0 amide bonds. The summed E-state index contributed by atoms with van der Waals surface area (Å²) >= 11 is 1.60. The molecule has 7 heteroatoms. The minimum absolute atomic E-state index is 0. The number of nitrogens with zero attached hydrogens (tertiary/aromatic N) is 3. The predicted molar refractivity (Wildman–Crippen MR) is 99.5 cm³/mol. The van der Waals surface area contributed by atoms with Gasteiger partial charge >= 0.3 is 0 Å². The quantitative estimate of drug-likeness (QED) is 0.639. The summed E-state index contributed by atoms with van der Waals surface area (Å²) in [7, 11) is 0. The van der Waals surface area contributed by atoms with Gasteiger partial charge in [-0.1, -0.05) is 19.3 Å². The molecule has 24 heavy (non-hydrogen) atoms. The maximum atomic E-state index is 9.55. The highest BCUT2D eigenvalue weighted by molar-refractivity contribution is 7.07. The number of phenolic OH excluding ortho intramolecular Hbond substituents is 2. The summed E-state index contributed by atoms with van der Waals surface area (Å²) < 4.78 is 1.84. The van der Waals surface area contributed by atoms with E-state index in [2.05, 4.69) is 5.10 Å². The summed E-state index contributed by atoms with van der Waals surface area (Å²) in [6.07, 6.45) is 7.82. The number of aryl methyl sites for hydroxylation is 1. The lowest BCUT2D eigenvalue weighted by Crippen LogP contribution is -2.19. The lowest BCUT2D eigenvalue weighted by molar-refractivity contribution is 0.403. The van der Waals surface area contributed by atoms with Gasteiger partial charge in [0.2, 0.25) is 4.80 Å². The smallest absolute Gasteiger partial charge is 0.206 e. The Labute approximate surface area is 151 Å². The highest BCUT2D eigenvalue weighted by Crippen LogP contribution is 2.24. The van der Waals surface area contributed by atoms with E-state index in [1.807, 2.05) is 17.0 Å². The molecule has 2 N–H and O–H groups in total. The Morgan fingerprint density at radius 1 is 1.17 bits per heavy atom. The second kappa shape index (κ2) is 8.35. The number of thiazole rings is 1. The van der Waals surface area contributed by atoms with Crippen LogP contribution in [0.5, 0.6) is 11.5 Å². The van der Waals surface area contributed by atoms with Crippen LogP contribution >= 0.6 is 23.7 Å². The fraction of sp³-hybridized carbons (Fsp3) is 0.412. The van der Waals surface area contributed by atoms with Crippen LogP contribution in [0, 0.1) is 6.92 Å². The van der Waals surface area contributed by atoms with E-state index in [0.717, 1.165) is 28.9 Å². The standard InChI is InChI=1S/C17H21N3O2S.ClH/c1-12-11-23-17(19-14-5-3-2-4-6-14)20(12)18-10-13-7-8-15(21)16(22)9-13;/h7-11,14,21-22H,2-6H2,1H3;1H/b18-10+,19-17?;. The Kier molecular flexibility index (Phi) is 6.45. The van der Waals surface area contributed by atoms with Gasteiger partial charge in [0.05, 0.1) is 18.0 Å². The summed E-state index contributed by atoms with van der Waals surface area (Å²) in [5.74, 6) is -0.275. The molecule has 5 nitrogen and oxygen atoms in total. The maximum Gasteiger partial charge on any atom is 0.206 e. The Morgan fingerprint density at radius 3 is 2.62 bits per heavy atom. The third kappa shape index (κ3) is 4.39. The van der Waals surface area contributed by atoms with Crippen molar-refractivity contribution < 1.29 is 10.2 Å². The zero-order valence-corrected chi connectivity index (χ0v) is 15.2. The first-order chi connectivity index (χ1) is 11.1. The Morgan fingerprint density at radius 2 is 1.92 bits per heavy atom. The molecule has 130 valence electrons. The fourth-order valence-corrected chi connectivity index (χ4v) is 3.60. The van der Waals surface area contributed by atoms with Crippen LogP contribution in [-0.4, -0.2) is 27.1 Å². The molecular weight excluding hydrogens is 346 g/mol. The zero-order valence-electron chi connectivity index (χ0n) is 13.6. The van der Waals surface area contributed by atoms with E-state index in [-0.39, 0.29) is 23.9 Å². The molecule has 0 unspecified atom stereocenters. The zero-order chi connectivity index (χ0) is 16.2. The Balaban J connectivity index is 0.00000208. The summed E-state index contributed by atoms with van der Waals surface area (Å²) in [6, 6.07) is 5.05. The van der Waals surface area contributed by atoms with E-state index in [1.54, 1.807) is 23.6 Å². The van der Waals surface area contributed by atoms with Crippen molar-refractivity contribution in [2.75, 3.05) is 0 Å². The highest BCUT2D eigenvalue weighted by atomic mass is 35.5. The van der Waals surface area contributed by atoms with E-state index in [0.29, 0.717) is 6.04 Å². The van der Waals surface area contributed by atoms with Gasteiger partial charge in [0.1, 0.15) is 0 Å². The van der Waals surface area contributed by atoms with E-state index in [4.69, 9.17) is 4.99 Å². The summed E-state index contributed by atoms with van der Waals surface area (Å²) in [6.45, 7) is 2.00. The maximum absolute atomic E-state index is 9.55. The normalized spacial score (nSPS) is 16.5. The van der Waals surface area contributed by atoms with Gasteiger partial charge in [-0.15, -0.1) is 23.7 Å². The van der Waals surface area contributed by atoms with Crippen LogP contribution in [0.4, 0.5) is 0 Å². The van der Waals surface area contributed by atoms with Crippen LogP contribution < -0.4 is 4.80 Å². The second-order valence-electron chi connectivity index (χ2n) is 5.89. The van der Waals surface area contributed by atoms with Crippen molar-refractivity contribution in [1.29, 1.82) is 0 Å². The van der Waals surface area contributed by atoms with Gasteiger partial charge in [0, 0.05) is 5.38 Å². The first-order valence-corrected chi connectivity index (χ1v) is 8.79. The van der Waals surface area contributed by atoms with E-state index >= 15 is 0 Å². The molecule has 0 radical (unpaired) electrons. The molecule has 1 aliphatic carbocycles. The first kappa shape index (κ1) is 18.5. The van der Waals surface area contributed by atoms with Crippen molar-refractivity contribution in [3.63, 3.8) is 0 Å². The fourth-order valence-electron chi connectivity index (χ4n) is 2.73. The summed E-state index contributed by atoms with van der Waals surface area (Å²) in [5, 5.41) is 25.4. The minimum atomic E-state index is -0.145. The monoisotopic (exact) mass is 367 g/mol. The number of rotatable bonds is 3. The van der Waals surface area contributed by atoms with Crippen LogP contribution in [0.15, 0.2) is 33.7 Å². The molecule has 1 aromatic heterocycles. The van der Waals surface area contributed by atoms with Gasteiger partial charge in [-0.2, -0.15) is 5.10 Å². The van der Waals surface area contributed by atoms with Gasteiger partial charge in [-0.25, -0.2) is 4.68 Å². The van der Waals surface area contributed by atoms with Crippen LogP contribution in [0.1, 0.15) is 43.4 Å². The SMILES string of the molecule is Cc1csc(=NC2CCCCC2)n1/N=C/c1ccc(O)c(O)c1.Cl. The first-order valence-electron chi connectivity index (χ1n) is 7.91. The minimum Gasteiger partial charge on any atom is -0.504 e. The topological polar surface area (TPSA) is 70.1 Å². The van der Waals surface area contributed by atoms with Crippen LogP contribution in [0.2, 0.25) is 0 Å². The predicted octanol–water partition coefficient (Wildman–Crippen LogP) is 3.81. The molecule has 0 atom stereocenters.